The van der Waals surface area contributed by atoms with Crippen molar-refractivity contribution in [3.05, 3.63) is 113 Å². The molecule has 0 aromatic heterocycles. The number of rotatable bonds is 6. The van der Waals surface area contributed by atoms with Gasteiger partial charge in [-0.25, -0.2) is 14.0 Å². The Balaban J connectivity index is 1.52. The minimum absolute atomic E-state index is 0.146. The van der Waals surface area contributed by atoms with Crippen molar-refractivity contribution in [2.75, 3.05) is 13.7 Å². The summed E-state index contributed by atoms with van der Waals surface area (Å²) >= 11 is 0. The number of carbonyl (C=O) groups is 2. The van der Waals surface area contributed by atoms with Crippen LogP contribution in [-0.2, 0) is 9.47 Å². The van der Waals surface area contributed by atoms with Crippen molar-refractivity contribution in [1.82, 2.24) is 4.90 Å². The van der Waals surface area contributed by atoms with E-state index >= 15 is 0 Å². The molecule has 1 aliphatic heterocycles. The quantitative estimate of drug-likeness (QED) is 0.220. The first kappa shape index (κ1) is 29.1. The number of amides is 1. The number of hydrogen-bond acceptors (Lipinski definition) is 5. The summed E-state index contributed by atoms with van der Waals surface area (Å²) in [5.41, 5.74) is 1.98. The lowest BCUT2D eigenvalue weighted by Gasteiger charge is -2.38. The van der Waals surface area contributed by atoms with Gasteiger partial charge in [0.2, 0.25) is 0 Å². The number of methoxy groups -OCH3 is 1. The van der Waals surface area contributed by atoms with Crippen molar-refractivity contribution in [2.24, 2.45) is 0 Å². The molecule has 4 aromatic carbocycles. The molecule has 0 saturated heterocycles. The normalized spacial score (nSPS) is 17.1. The molecule has 0 aliphatic carbocycles. The molecule has 42 heavy (non-hydrogen) atoms. The van der Waals surface area contributed by atoms with Gasteiger partial charge >= 0.3 is 12.1 Å². The predicted molar refractivity (Wildman–Crippen MR) is 160 cm³/mol. The van der Waals surface area contributed by atoms with Gasteiger partial charge in [-0.1, -0.05) is 60.7 Å². The van der Waals surface area contributed by atoms with E-state index in [9.17, 15) is 14.0 Å². The summed E-state index contributed by atoms with van der Waals surface area (Å²) in [4.78, 5) is 27.7. The minimum atomic E-state index is -0.692. The molecule has 0 radical (unpaired) electrons. The van der Waals surface area contributed by atoms with Crippen molar-refractivity contribution >= 4 is 22.8 Å². The molecule has 6 nitrogen and oxygen atoms in total. The lowest BCUT2D eigenvalue weighted by molar-refractivity contribution is 0.00569. The fourth-order valence-corrected chi connectivity index (χ4v) is 5.68. The number of esters is 1. The number of hydrogen-bond donors (Lipinski definition) is 0. The van der Waals surface area contributed by atoms with Crippen LogP contribution in [0, 0.1) is 5.82 Å². The summed E-state index contributed by atoms with van der Waals surface area (Å²) in [5, 5.41) is 2.14. The highest BCUT2D eigenvalue weighted by atomic mass is 19.1. The van der Waals surface area contributed by atoms with Crippen LogP contribution in [0.1, 0.15) is 73.1 Å². The highest BCUT2D eigenvalue weighted by molar-refractivity contribution is 5.89. The van der Waals surface area contributed by atoms with Crippen molar-refractivity contribution in [2.45, 2.75) is 57.8 Å². The average Bonchev–Trinajstić information content (AvgIpc) is 2.97. The van der Waals surface area contributed by atoms with Crippen LogP contribution in [0.15, 0.2) is 84.9 Å². The van der Waals surface area contributed by atoms with Gasteiger partial charge in [0.25, 0.3) is 0 Å². The maximum Gasteiger partial charge on any atom is 0.410 e. The maximum absolute atomic E-state index is 14.7. The van der Waals surface area contributed by atoms with Crippen LogP contribution < -0.4 is 4.74 Å². The smallest absolute Gasteiger partial charge is 0.410 e. The van der Waals surface area contributed by atoms with Crippen LogP contribution in [-0.4, -0.2) is 42.3 Å². The fraction of sp³-hybridized carbons (Fsp3) is 0.314. The Morgan fingerprint density at radius 2 is 1.71 bits per heavy atom. The van der Waals surface area contributed by atoms with Crippen molar-refractivity contribution < 1.29 is 28.2 Å². The molecule has 1 aliphatic rings. The van der Waals surface area contributed by atoms with E-state index < -0.39 is 29.6 Å². The molecule has 3 atom stereocenters. The van der Waals surface area contributed by atoms with Gasteiger partial charge in [-0.05, 0) is 80.3 Å². The summed E-state index contributed by atoms with van der Waals surface area (Å²) in [6, 6.07) is 25.7. The van der Waals surface area contributed by atoms with Crippen LogP contribution in [0.4, 0.5) is 9.18 Å². The van der Waals surface area contributed by atoms with E-state index in [1.165, 1.54) is 19.2 Å². The molecular formula is C35H36FNO5. The van der Waals surface area contributed by atoms with Gasteiger partial charge in [0.1, 0.15) is 23.3 Å². The Morgan fingerprint density at radius 1 is 1.00 bits per heavy atom. The van der Waals surface area contributed by atoms with Gasteiger partial charge in [-0.2, -0.15) is 0 Å². The molecule has 7 heteroatoms. The molecule has 1 unspecified atom stereocenters. The fourth-order valence-electron chi connectivity index (χ4n) is 5.68. The largest absolute Gasteiger partial charge is 0.488 e. The number of halogens is 1. The third-order valence-electron chi connectivity index (χ3n) is 7.60. The van der Waals surface area contributed by atoms with Gasteiger partial charge in [-0.15, -0.1) is 0 Å². The number of nitrogens with zero attached hydrogens (tertiary/aromatic N) is 1. The van der Waals surface area contributed by atoms with Gasteiger partial charge < -0.3 is 14.2 Å². The molecule has 0 N–H and O–H groups in total. The summed E-state index contributed by atoms with van der Waals surface area (Å²) in [7, 11) is 1.27. The first-order valence-electron chi connectivity index (χ1n) is 14.2. The van der Waals surface area contributed by atoms with E-state index in [-0.39, 0.29) is 24.1 Å². The van der Waals surface area contributed by atoms with E-state index in [0.717, 1.165) is 21.9 Å². The van der Waals surface area contributed by atoms with Gasteiger partial charge in [0.05, 0.1) is 25.3 Å². The van der Waals surface area contributed by atoms with E-state index in [2.05, 4.69) is 18.2 Å². The highest BCUT2D eigenvalue weighted by Gasteiger charge is 2.35. The zero-order chi connectivity index (χ0) is 30.0. The lowest BCUT2D eigenvalue weighted by Crippen LogP contribution is -2.45. The Kier molecular flexibility index (Phi) is 8.21. The number of ether oxygens (including phenoxy) is 3. The van der Waals surface area contributed by atoms with Gasteiger partial charge in [0, 0.05) is 11.5 Å². The number of para-hydroxylation sites is 1. The standard InChI is InChI=1S/C35H36FNO5/c1-22(28-15-10-12-23-11-6-7-13-29(23)28)37(34(39)42-35(2,3)4)21-27-20-31(30-14-8-9-16-32(30)41-27)24-17-25(33(38)40-5)19-26(36)18-24/h6-19,22,27,31H,20-21H2,1-5H3/t22-,27-,31?/m1/s1. The van der Waals surface area contributed by atoms with E-state index in [1.54, 1.807) is 11.0 Å². The molecule has 0 fully saturated rings. The topological polar surface area (TPSA) is 65.1 Å². The first-order valence-corrected chi connectivity index (χ1v) is 14.2. The van der Waals surface area contributed by atoms with Crippen LogP contribution in [0.5, 0.6) is 5.75 Å². The highest BCUT2D eigenvalue weighted by Crippen LogP contribution is 2.42. The summed E-state index contributed by atoms with van der Waals surface area (Å²) < 4.78 is 31.9. The SMILES string of the molecule is COC(=O)c1cc(F)cc(C2C[C@H](CN(C(=O)OC(C)(C)C)[C@H](C)c3cccc4ccccc34)Oc3ccccc32)c1. The van der Waals surface area contributed by atoms with E-state index in [0.29, 0.717) is 17.7 Å². The second kappa shape index (κ2) is 11.8. The van der Waals surface area contributed by atoms with Crippen molar-refractivity contribution in [3.63, 3.8) is 0 Å². The molecule has 0 saturated carbocycles. The van der Waals surface area contributed by atoms with Gasteiger partial charge in [0.15, 0.2) is 0 Å². The van der Waals surface area contributed by atoms with Gasteiger partial charge in [-0.3, -0.25) is 4.90 Å². The Bertz CT molecular complexity index is 1610. The number of benzene rings is 4. The molecule has 5 rings (SSSR count). The first-order chi connectivity index (χ1) is 20.0. The Hall–Kier alpha value is -4.39. The number of carbonyl (C=O) groups excluding carboxylic acids is 2. The van der Waals surface area contributed by atoms with Crippen molar-refractivity contribution in [1.29, 1.82) is 0 Å². The van der Waals surface area contributed by atoms with Crippen LogP contribution in [0.3, 0.4) is 0 Å². The van der Waals surface area contributed by atoms with Crippen LogP contribution in [0.2, 0.25) is 0 Å². The average molecular weight is 570 g/mol. The monoisotopic (exact) mass is 569 g/mol. The molecular weight excluding hydrogens is 533 g/mol. The minimum Gasteiger partial charge on any atom is -0.488 e. The summed E-state index contributed by atoms with van der Waals surface area (Å²) in [5.74, 6) is -0.738. The predicted octanol–water partition coefficient (Wildman–Crippen LogP) is 8.05. The van der Waals surface area contributed by atoms with E-state index in [4.69, 9.17) is 14.2 Å². The lowest BCUT2D eigenvalue weighted by atomic mass is 9.83. The second-order valence-corrected chi connectivity index (χ2v) is 11.7. The molecule has 4 aromatic rings. The van der Waals surface area contributed by atoms with Crippen LogP contribution >= 0.6 is 0 Å². The molecule has 218 valence electrons. The summed E-state index contributed by atoms with van der Waals surface area (Å²) in [6.45, 7) is 7.77. The van der Waals surface area contributed by atoms with E-state index in [1.807, 2.05) is 76.2 Å². The second-order valence-electron chi connectivity index (χ2n) is 11.7. The Labute approximate surface area is 246 Å². The zero-order valence-electron chi connectivity index (χ0n) is 24.6. The third kappa shape index (κ3) is 6.25. The maximum atomic E-state index is 14.7. The zero-order valence-corrected chi connectivity index (χ0v) is 24.6. The molecule has 0 spiro atoms. The molecule has 1 amide bonds. The number of fused-ring (bicyclic) bond motifs is 2. The Morgan fingerprint density at radius 3 is 2.48 bits per heavy atom. The molecule has 1 heterocycles. The summed E-state index contributed by atoms with van der Waals surface area (Å²) in [6.07, 6.45) is -0.414. The third-order valence-corrected chi connectivity index (χ3v) is 7.60. The van der Waals surface area contributed by atoms with Crippen molar-refractivity contribution in [3.8, 4) is 5.75 Å². The molecule has 0 bridgehead atoms. The van der Waals surface area contributed by atoms with Crippen LogP contribution in [0.25, 0.3) is 10.8 Å².